The van der Waals surface area contributed by atoms with Crippen molar-refractivity contribution in [2.45, 2.75) is 26.7 Å². The fourth-order valence-corrected chi connectivity index (χ4v) is 4.57. The summed E-state index contributed by atoms with van der Waals surface area (Å²) in [6, 6.07) is 0. The number of carbonyl (C=O) groups is 1. The summed E-state index contributed by atoms with van der Waals surface area (Å²) in [6.45, 7) is 3.92. The zero-order valence-corrected chi connectivity index (χ0v) is 13.0. The normalized spacial score (nSPS) is 30.0. The Kier molecular flexibility index (Phi) is 4.06. The topological polar surface area (TPSA) is 52.6 Å². The quantitative estimate of drug-likeness (QED) is 0.555. The van der Waals surface area contributed by atoms with Gasteiger partial charge < -0.3 is 9.05 Å². The van der Waals surface area contributed by atoms with Gasteiger partial charge in [-0.3, -0.25) is 9.36 Å². The van der Waals surface area contributed by atoms with E-state index in [2.05, 4.69) is 12.2 Å². The molecule has 0 saturated heterocycles. The Hall–Kier alpha value is -0.440. The molecule has 0 aromatic rings. The summed E-state index contributed by atoms with van der Waals surface area (Å²) in [5.74, 6) is 1.44. The van der Waals surface area contributed by atoms with Gasteiger partial charge in [-0.1, -0.05) is 26.0 Å². The second-order valence-corrected chi connectivity index (χ2v) is 8.43. The molecule has 3 unspecified atom stereocenters. The first-order valence-corrected chi connectivity index (χ1v) is 8.47. The third-order valence-corrected chi connectivity index (χ3v) is 6.61. The summed E-state index contributed by atoms with van der Waals surface area (Å²) in [5, 5.41) is 0. The highest BCUT2D eigenvalue weighted by atomic mass is 31.2. The van der Waals surface area contributed by atoms with Gasteiger partial charge in [-0.25, -0.2) is 0 Å². The van der Waals surface area contributed by atoms with Crippen molar-refractivity contribution in [1.82, 2.24) is 0 Å². The minimum absolute atomic E-state index is 0.0227. The van der Waals surface area contributed by atoms with Gasteiger partial charge >= 0.3 is 7.60 Å². The van der Waals surface area contributed by atoms with E-state index < -0.39 is 13.0 Å². The summed E-state index contributed by atoms with van der Waals surface area (Å²) in [6.07, 6.45) is 6.58. The Balaban J connectivity index is 2.09. The van der Waals surface area contributed by atoms with Gasteiger partial charge in [0.15, 0.2) is 5.78 Å². The van der Waals surface area contributed by atoms with Crippen LogP contribution in [0.15, 0.2) is 12.2 Å². The molecule has 0 spiro atoms. The van der Waals surface area contributed by atoms with Gasteiger partial charge in [0.25, 0.3) is 0 Å². The Bertz CT molecular complexity index is 433. The third kappa shape index (κ3) is 2.72. The SMILES string of the molecule is COP(=O)(CC(=O)C(C)(C)C1CC2C=CC1C2)OC. The average molecular weight is 286 g/mol. The zero-order chi connectivity index (χ0) is 14.3. The van der Waals surface area contributed by atoms with Crippen LogP contribution in [0.1, 0.15) is 26.7 Å². The van der Waals surface area contributed by atoms with Crippen molar-refractivity contribution in [3.05, 3.63) is 12.2 Å². The van der Waals surface area contributed by atoms with Crippen molar-refractivity contribution in [3.8, 4) is 0 Å². The van der Waals surface area contributed by atoms with E-state index in [1.54, 1.807) is 0 Å². The molecule has 108 valence electrons. The van der Waals surface area contributed by atoms with Crippen LogP contribution in [0.2, 0.25) is 0 Å². The predicted octanol–water partition coefficient (Wildman–Crippen LogP) is 3.28. The van der Waals surface area contributed by atoms with E-state index >= 15 is 0 Å². The highest BCUT2D eigenvalue weighted by Crippen LogP contribution is 2.54. The molecular weight excluding hydrogens is 263 g/mol. The maximum absolute atomic E-state index is 12.5. The van der Waals surface area contributed by atoms with E-state index in [0.717, 1.165) is 12.8 Å². The molecule has 0 aromatic carbocycles. The minimum Gasteiger partial charge on any atom is -0.312 e. The van der Waals surface area contributed by atoms with Gasteiger partial charge in [-0.15, -0.1) is 0 Å². The summed E-state index contributed by atoms with van der Waals surface area (Å²) in [5.41, 5.74) is -0.475. The Morgan fingerprint density at radius 2 is 1.89 bits per heavy atom. The Morgan fingerprint density at radius 1 is 1.26 bits per heavy atom. The maximum atomic E-state index is 12.5. The molecule has 0 radical (unpaired) electrons. The van der Waals surface area contributed by atoms with Crippen LogP contribution in [-0.2, 0) is 18.4 Å². The van der Waals surface area contributed by atoms with Crippen LogP contribution in [0.4, 0.5) is 0 Å². The highest BCUT2D eigenvalue weighted by Gasteiger charge is 2.48. The molecule has 4 nitrogen and oxygen atoms in total. The second kappa shape index (κ2) is 5.16. The second-order valence-electron chi connectivity index (χ2n) is 6.17. The molecule has 3 atom stereocenters. The Morgan fingerprint density at radius 3 is 2.32 bits per heavy atom. The lowest BCUT2D eigenvalue weighted by Gasteiger charge is -2.35. The van der Waals surface area contributed by atoms with Crippen LogP contribution in [0.5, 0.6) is 0 Å². The first kappa shape index (κ1) is 15.0. The fraction of sp³-hybridized carbons (Fsp3) is 0.786. The number of allylic oxidation sites excluding steroid dienone is 2. The van der Waals surface area contributed by atoms with Gasteiger partial charge in [-0.05, 0) is 30.6 Å². The van der Waals surface area contributed by atoms with Gasteiger partial charge in [0.05, 0.1) is 0 Å². The molecule has 1 saturated carbocycles. The number of hydrogen-bond donors (Lipinski definition) is 0. The third-order valence-electron chi connectivity index (χ3n) is 4.82. The van der Waals surface area contributed by atoms with E-state index in [1.165, 1.54) is 14.2 Å². The number of hydrogen-bond acceptors (Lipinski definition) is 4. The standard InChI is InChI=1S/C14H23O4P/c1-14(2,12-8-10-5-6-11(12)7-10)13(15)9-19(16,17-3)18-4/h5-6,10-12H,7-9H2,1-4H3. The fourth-order valence-electron chi connectivity index (χ4n) is 3.40. The number of ketones is 1. The predicted molar refractivity (Wildman–Crippen MR) is 74.1 cm³/mol. The van der Waals surface area contributed by atoms with Crippen LogP contribution in [-0.4, -0.2) is 26.2 Å². The van der Waals surface area contributed by atoms with Crippen molar-refractivity contribution in [1.29, 1.82) is 0 Å². The van der Waals surface area contributed by atoms with Crippen LogP contribution in [0, 0.1) is 23.2 Å². The van der Waals surface area contributed by atoms with Gasteiger partial charge in [0, 0.05) is 19.6 Å². The molecule has 2 aliphatic carbocycles. The lowest BCUT2D eigenvalue weighted by molar-refractivity contribution is -0.128. The van der Waals surface area contributed by atoms with Crippen LogP contribution in [0.3, 0.4) is 0 Å². The van der Waals surface area contributed by atoms with Gasteiger partial charge in [0.2, 0.25) is 0 Å². The first-order chi connectivity index (χ1) is 8.82. The van der Waals surface area contributed by atoms with Crippen molar-refractivity contribution in [2.24, 2.45) is 23.2 Å². The molecule has 0 aromatic heterocycles. The molecule has 2 bridgehead atoms. The molecule has 0 N–H and O–H groups in total. The van der Waals surface area contributed by atoms with E-state index in [-0.39, 0.29) is 11.9 Å². The molecule has 1 fully saturated rings. The Labute approximate surface area is 115 Å². The summed E-state index contributed by atoms with van der Waals surface area (Å²) >= 11 is 0. The lowest BCUT2D eigenvalue weighted by Crippen LogP contribution is -2.37. The van der Waals surface area contributed by atoms with Crippen LogP contribution >= 0.6 is 7.60 Å². The zero-order valence-electron chi connectivity index (χ0n) is 12.1. The van der Waals surface area contributed by atoms with Crippen molar-refractivity contribution < 1.29 is 18.4 Å². The minimum atomic E-state index is -3.26. The number of rotatable bonds is 6. The largest absolute Gasteiger partial charge is 0.337 e. The summed E-state index contributed by atoms with van der Waals surface area (Å²) in [7, 11) is -0.610. The first-order valence-electron chi connectivity index (χ1n) is 6.74. The van der Waals surface area contributed by atoms with Crippen LogP contribution in [0.25, 0.3) is 0 Å². The molecule has 0 heterocycles. The molecule has 0 amide bonds. The average Bonchev–Trinajstić information content (AvgIpc) is 3.00. The van der Waals surface area contributed by atoms with Gasteiger partial charge in [-0.2, -0.15) is 0 Å². The lowest BCUT2D eigenvalue weighted by atomic mass is 9.70. The summed E-state index contributed by atoms with van der Waals surface area (Å²) in [4.78, 5) is 12.5. The van der Waals surface area contributed by atoms with Crippen LogP contribution < -0.4 is 0 Å². The van der Waals surface area contributed by atoms with Gasteiger partial charge in [0.1, 0.15) is 6.16 Å². The van der Waals surface area contributed by atoms with Crippen molar-refractivity contribution in [3.63, 3.8) is 0 Å². The number of carbonyl (C=O) groups excluding carboxylic acids is 1. The summed E-state index contributed by atoms with van der Waals surface area (Å²) < 4.78 is 21.9. The molecule has 0 aliphatic heterocycles. The molecule has 5 heteroatoms. The van der Waals surface area contributed by atoms with Crippen molar-refractivity contribution >= 4 is 13.4 Å². The molecule has 19 heavy (non-hydrogen) atoms. The molecule has 2 rings (SSSR count). The van der Waals surface area contributed by atoms with Crippen molar-refractivity contribution in [2.75, 3.05) is 20.4 Å². The van der Waals surface area contributed by atoms with E-state index in [4.69, 9.17) is 9.05 Å². The number of Topliss-reactive ketones (excluding diaryl/α,β-unsaturated/α-hetero) is 1. The van der Waals surface area contributed by atoms with E-state index in [9.17, 15) is 9.36 Å². The smallest absolute Gasteiger partial charge is 0.312 e. The highest BCUT2D eigenvalue weighted by molar-refractivity contribution is 7.54. The maximum Gasteiger partial charge on any atom is 0.337 e. The molecular formula is C14H23O4P. The van der Waals surface area contributed by atoms with E-state index in [1.807, 2.05) is 13.8 Å². The molecule has 2 aliphatic rings. The van der Waals surface area contributed by atoms with E-state index in [0.29, 0.717) is 17.8 Å². The monoisotopic (exact) mass is 286 g/mol. The number of fused-ring (bicyclic) bond motifs is 2.